The molecule has 1 heterocycles. The molecule has 0 spiro atoms. The fourth-order valence-electron chi connectivity index (χ4n) is 2.23. The van der Waals surface area contributed by atoms with Gasteiger partial charge in [0.05, 0.1) is 12.7 Å². The van der Waals surface area contributed by atoms with E-state index in [1.807, 2.05) is 13.0 Å². The van der Waals surface area contributed by atoms with E-state index in [4.69, 9.17) is 15.3 Å². The van der Waals surface area contributed by atoms with E-state index in [1.165, 1.54) is 25.5 Å². The van der Waals surface area contributed by atoms with Crippen LogP contribution in [0.1, 0.15) is 22.2 Å². The van der Waals surface area contributed by atoms with Crippen LogP contribution in [0.2, 0.25) is 0 Å². The number of thiophene rings is 1. The van der Waals surface area contributed by atoms with Gasteiger partial charge in [-0.15, -0.1) is 11.3 Å². The molecule has 128 valence electrons. The van der Waals surface area contributed by atoms with E-state index in [0.29, 0.717) is 17.6 Å². The fraction of sp³-hybridized carbons (Fsp3) is 0.312. The van der Waals surface area contributed by atoms with E-state index < -0.39 is 11.7 Å². The van der Waals surface area contributed by atoms with Crippen LogP contribution in [0, 0.1) is 0 Å². The molecule has 0 saturated carbocycles. The number of aryl methyl sites for hydroxylation is 1. The Morgan fingerprint density at radius 1 is 1.29 bits per heavy atom. The number of ether oxygens (including phenoxy) is 1. The lowest BCUT2D eigenvalue weighted by Crippen LogP contribution is -2.30. The van der Waals surface area contributed by atoms with Gasteiger partial charge in [-0.3, -0.25) is 19.2 Å². The second-order valence-corrected chi connectivity index (χ2v) is 6.08. The molecule has 1 aromatic heterocycles. The molecule has 2 rings (SSSR count). The third kappa shape index (κ3) is 3.39. The van der Waals surface area contributed by atoms with Gasteiger partial charge in [-0.05, 0) is 18.6 Å². The first-order valence-corrected chi connectivity index (χ1v) is 8.04. The first-order chi connectivity index (χ1) is 11.4. The highest BCUT2D eigenvalue weighted by atomic mass is 32.1. The van der Waals surface area contributed by atoms with Gasteiger partial charge in [-0.25, -0.2) is 5.06 Å². The number of nitrogens with zero attached hydrogens (tertiary/aromatic N) is 1. The van der Waals surface area contributed by atoms with Crippen molar-refractivity contribution in [1.29, 1.82) is 0 Å². The predicted octanol–water partition coefficient (Wildman–Crippen LogP) is 1.53. The molecular formula is C16H18N2O5S. The smallest absolute Gasteiger partial charge is 0.289 e. The zero-order chi connectivity index (χ0) is 17.9. The Kier molecular flexibility index (Phi) is 5.53. The van der Waals surface area contributed by atoms with Crippen LogP contribution in [0.3, 0.4) is 0 Å². The highest BCUT2D eigenvalue weighted by molar-refractivity contribution is 7.19. The lowest BCUT2D eigenvalue weighted by molar-refractivity contribution is -0.170. The van der Waals surface area contributed by atoms with Crippen LogP contribution in [0.15, 0.2) is 18.2 Å². The Labute approximate surface area is 142 Å². The van der Waals surface area contributed by atoms with E-state index in [-0.39, 0.29) is 18.1 Å². The summed E-state index contributed by atoms with van der Waals surface area (Å²) in [5, 5.41) is 1.55. The van der Waals surface area contributed by atoms with Crippen LogP contribution in [0.25, 0.3) is 10.1 Å². The Hall–Kier alpha value is -2.45. The Morgan fingerprint density at radius 2 is 2.00 bits per heavy atom. The molecule has 2 N–H and O–H groups in total. The number of likely N-dealkylation sites (N-methyl/N-ethyl adjacent to an activating group) is 1. The van der Waals surface area contributed by atoms with E-state index in [2.05, 4.69) is 0 Å². The number of benzene rings is 1. The number of carbonyl (C=O) groups is 3. The van der Waals surface area contributed by atoms with Gasteiger partial charge in [-0.2, -0.15) is 0 Å². The normalized spacial score (nSPS) is 10.6. The van der Waals surface area contributed by atoms with Crippen molar-refractivity contribution in [3.63, 3.8) is 0 Å². The summed E-state index contributed by atoms with van der Waals surface area (Å²) in [4.78, 5) is 41.0. The number of fused-ring (bicyclic) bond motifs is 1. The minimum atomic E-state index is -1.02. The molecule has 0 atom stereocenters. The zero-order valence-electron chi connectivity index (χ0n) is 13.6. The van der Waals surface area contributed by atoms with Crippen LogP contribution in [0.5, 0.6) is 5.75 Å². The largest absolute Gasteiger partial charge is 0.483 e. The van der Waals surface area contributed by atoms with Gasteiger partial charge < -0.3 is 10.5 Å². The van der Waals surface area contributed by atoms with Gasteiger partial charge in [-0.1, -0.05) is 13.0 Å². The summed E-state index contributed by atoms with van der Waals surface area (Å²) in [5.41, 5.74) is 5.43. The fourth-order valence-corrected chi connectivity index (χ4v) is 3.39. The number of hydroxylamine groups is 2. The van der Waals surface area contributed by atoms with E-state index in [9.17, 15) is 14.4 Å². The topological polar surface area (TPSA) is 98.9 Å². The minimum Gasteiger partial charge on any atom is -0.483 e. The second kappa shape index (κ2) is 7.41. The lowest BCUT2D eigenvalue weighted by atomic mass is 10.0. The maximum atomic E-state index is 12.2. The molecule has 0 saturated heterocycles. The third-order valence-electron chi connectivity index (χ3n) is 3.50. The average Bonchev–Trinajstić information content (AvgIpc) is 2.96. The van der Waals surface area contributed by atoms with Crippen LogP contribution in [-0.2, 0) is 20.8 Å². The number of hydrogen-bond acceptors (Lipinski definition) is 6. The molecule has 8 heteroatoms. The van der Waals surface area contributed by atoms with Crippen LogP contribution in [0.4, 0.5) is 0 Å². The van der Waals surface area contributed by atoms with Gasteiger partial charge in [0, 0.05) is 22.0 Å². The van der Waals surface area contributed by atoms with Crippen LogP contribution in [-0.4, -0.2) is 43.4 Å². The van der Waals surface area contributed by atoms with Crippen molar-refractivity contribution in [2.75, 3.05) is 20.8 Å². The van der Waals surface area contributed by atoms with Gasteiger partial charge in [0.2, 0.25) is 0 Å². The van der Waals surface area contributed by atoms with Gasteiger partial charge >= 0.3 is 0 Å². The zero-order valence-corrected chi connectivity index (χ0v) is 14.4. The summed E-state index contributed by atoms with van der Waals surface area (Å²) >= 11 is 1.40. The highest BCUT2D eigenvalue weighted by Gasteiger charge is 2.24. The standard InChI is InChI=1S/C16H18N2O5S/c1-4-10-14(15(20)16(17)21)13-9(6-5-7-11(13)24-10)23-8-12(19)18(2)22-3/h5-7H,4,8H2,1-3H3,(H2,17,21). The summed E-state index contributed by atoms with van der Waals surface area (Å²) in [6, 6.07) is 5.23. The lowest BCUT2D eigenvalue weighted by Gasteiger charge is -2.14. The van der Waals surface area contributed by atoms with E-state index in [0.717, 1.165) is 14.6 Å². The van der Waals surface area contributed by atoms with Crippen molar-refractivity contribution in [3.8, 4) is 5.75 Å². The number of carbonyl (C=O) groups excluding carboxylic acids is 3. The number of amides is 2. The Balaban J connectivity index is 2.47. The molecule has 0 unspecified atom stereocenters. The molecule has 2 aromatic rings. The Morgan fingerprint density at radius 3 is 2.58 bits per heavy atom. The number of Topliss-reactive ketones (excluding diaryl/α,β-unsaturated/α-hetero) is 1. The summed E-state index contributed by atoms with van der Waals surface area (Å²) in [7, 11) is 2.84. The monoisotopic (exact) mass is 350 g/mol. The molecule has 7 nitrogen and oxygen atoms in total. The van der Waals surface area contributed by atoms with E-state index in [1.54, 1.807) is 12.1 Å². The first kappa shape index (κ1) is 17.9. The van der Waals surface area contributed by atoms with Gasteiger partial charge in [0.25, 0.3) is 17.6 Å². The summed E-state index contributed by atoms with van der Waals surface area (Å²) in [6.45, 7) is 1.63. The molecule has 2 amide bonds. The summed E-state index contributed by atoms with van der Waals surface area (Å²) in [6.07, 6.45) is 0.582. The van der Waals surface area contributed by atoms with Crippen LogP contribution < -0.4 is 10.5 Å². The predicted molar refractivity (Wildman–Crippen MR) is 90.0 cm³/mol. The second-order valence-electron chi connectivity index (χ2n) is 4.94. The molecular weight excluding hydrogens is 332 g/mol. The summed E-state index contributed by atoms with van der Waals surface area (Å²) < 4.78 is 6.36. The number of hydrogen-bond donors (Lipinski definition) is 1. The van der Waals surface area contributed by atoms with Crippen molar-refractivity contribution in [2.24, 2.45) is 5.73 Å². The number of nitrogens with two attached hydrogens (primary N) is 1. The van der Waals surface area contributed by atoms with Crippen molar-refractivity contribution < 1.29 is 24.0 Å². The first-order valence-electron chi connectivity index (χ1n) is 7.22. The van der Waals surface area contributed by atoms with Crippen molar-refractivity contribution >= 4 is 39.0 Å². The molecule has 0 aliphatic carbocycles. The molecule has 0 fully saturated rings. The maximum absolute atomic E-state index is 12.2. The molecule has 0 radical (unpaired) electrons. The highest BCUT2D eigenvalue weighted by Crippen LogP contribution is 2.38. The van der Waals surface area contributed by atoms with Gasteiger partial charge in [0.1, 0.15) is 5.75 Å². The number of ketones is 1. The third-order valence-corrected chi connectivity index (χ3v) is 4.80. The Bertz CT molecular complexity index is 799. The maximum Gasteiger partial charge on any atom is 0.289 e. The minimum absolute atomic E-state index is 0.258. The number of rotatable bonds is 7. The number of primary amides is 1. The molecule has 0 bridgehead atoms. The van der Waals surface area contributed by atoms with Gasteiger partial charge in [0.15, 0.2) is 6.61 Å². The van der Waals surface area contributed by atoms with Crippen LogP contribution >= 0.6 is 11.3 Å². The summed E-state index contributed by atoms with van der Waals surface area (Å²) in [5.74, 6) is -1.81. The SMILES string of the molecule is CCc1sc2cccc(OCC(=O)N(C)OC)c2c1C(=O)C(N)=O. The molecule has 1 aromatic carbocycles. The van der Waals surface area contributed by atoms with Crippen molar-refractivity contribution in [1.82, 2.24) is 5.06 Å². The quantitative estimate of drug-likeness (QED) is 0.464. The van der Waals surface area contributed by atoms with Crippen molar-refractivity contribution in [3.05, 3.63) is 28.6 Å². The molecule has 0 aliphatic heterocycles. The molecule has 24 heavy (non-hydrogen) atoms. The van der Waals surface area contributed by atoms with E-state index >= 15 is 0 Å². The average molecular weight is 350 g/mol. The van der Waals surface area contributed by atoms with Crippen molar-refractivity contribution in [2.45, 2.75) is 13.3 Å². The molecule has 0 aliphatic rings.